The van der Waals surface area contributed by atoms with E-state index in [2.05, 4.69) is 62.5 Å². The molecule has 29 heavy (non-hydrogen) atoms. The lowest BCUT2D eigenvalue weighted by atomic mass is 10.0. The van der Waals surface area contributed by atoms with E-state index in [1.807, 2.05) is 36.4 Å². The van der Waals surface area contributed by atoms with E-state index in [1.165, 1.54) is 5.56 Å². The van der Waals surface area contributed by atoms with Gasteiger partial charge in [0.2, 0.25) is 0 Å². The molecular weight excluding hydrogens is 360 g/mol. The van der Waals surface area contributed by atoms with Gasteiger partial charge < -0.3 is 16.0 Å². The normalized spacial score (nSPS) is 12.3. The molecule has 4 N–H and O–H groups in total. The summed E-state index contributed by atoms with van der Waals surface area (Å²) >= 11 is 0. The van der Waals surface area contributed by atoms with Gasteiger partial charge >= 0.3 is 0 Å². The van der Waals surface area contributed by atoms with Gasteiger partial charge in [0, 0.05) is 11.4 Å². The van der Waals surface area contributed by atoms with Gasteiger partial charge in [-0.1, -0.05) is 42.5 Å². The maximum atomic E-state index is 5.78. The zero-order valence-electron chi connectivity index (χ0n) is 15.9. The van der Waals surface area contributed by atoms with Crippen LogP contribution in [0.1, 0.15) is 18.5 Å². The van der Waals surface area contributed by atoms with E-state index in [1.54, 1.807) is 6.33 Å². The Kier molecular flexibility index (Phi) is 4.09. The zero-order valence-corrected chi connectivity index (χ0v) is 15.9. The second-order valence-electron chi connectivity index (χ2n) is 7.08. The quantitative estimate of drug-likeness (QED) is 0.411. The molecule has 3 aromatic carbocycles. The highest BCUT2D eigenvalue weighted by molar-refractivity contribution is 5.93. The summed E-state index contributed by atoms with van der Waals surface area (Å²) in [4.78, 5) is 16.3. The van der Waals surface area contributed by atoms with E-state index >= 15 is 0 Å². The largest absolute Gasteiger partial charge is 0.369 e. The highest BCUT2D eigenvalue weighted by Gasteiger charge is 2.11. The average Bonchev–Trinajstić information content (AvgIpc) is 3.13. The van der Waals surface area contributed by atoms with Gasteiger partial charge in [0.1, 0.15) is 12.1 Å². The molecule has 0 radical (unpaired) electrons. The zero-order chi connectivity index (χ0) is 19.8. The van der Waals surface area contributed by atoms with Gasteiger partial charge in [-0.2, -0.15) is 0 Å². The van der Waals surface area contributed by atoms with Crippen LogP contribution in [0.3, 0.4) is 0 Å². The molecule has 0 fully saturated rings. The van der Waals surface area contributed by atoms with Crippen LogP contribution < -0.4 is 11.1 Å². The number of nitrogens with zero attached hydrogens (tertiary/aromatic N) is 3. The number of H-pyrrole nitrogens is 1. The Morgan fingerprint density at radius 2 is 1.66 bits per heavy atom. The van der Waals surface area contributed by atoms with E-state index in [-0.39, 0.29) is 6.04 Å². The van der Waals surface area contributed by atoms with Crippen LogP contribution >= 0.6 is 0 Å². The van der Waals surface area contributed by atoms with Crippen LogP contribution in [-0.2, 0) is 0 Å². The maximum absolute atomic E-state index is 5.78. The Hall–Kier alpha value is -3.93. The summed E-state index contributed by atoms with van der Waals surface area (Å²) in [6, 6.07) is 22.7. The van der Waals surface area contributed by atoms with Crippen molar-refractivity contribution in [3.63, 3.8) is 0 Å². The van der Waals surface area contributed by atoms with Crippen LogP contribution in [0.25, 0.3) is 33.1 Å². The molecule has 6 heteroatoms. The maximum Gasteiger partial charge on any atom is 0.198 e. The molecule has 0 aliphatic carbocycles. The van der Waals surface area contributed by atoms with Gasteiger partial charge in [-0.25, -0.2) is 15.0 Å². The standard InChI is InChI=1S/C23H20N6/c1-14(15-5-3-2-4-6-15)27-22-18-11-16(7-9-19(18)25-13-26-22)17-8-10-20-21(12-17)29-23(24)28-20/h2-14H,1H3,(H3,24,28,29)(H,25,26,27). The first-order valence-electron chi connectivity index (χ1n) is 9.49. The van der Waals surface area contributed by atoms with Gasteiger partial charge in [-0.05, 0) is 47.9 Å². The monoisotopic (exact) mass is 380 g/mol. The Balaban J connectivity index is 1.55. The van der Waals surface area contributed by atoms with Gasteiger partial charge in [-0.15, -0.1) is 0 Å². The third-order valence-corrected chi connectivity index (χ3v) is 5.12. The molecule has 5 aromatic rings. The number of nitrogens with one attached hydrogen (secondary N) is 2. The first-order valence-corrected chi connectivity index (χ1v) is 9.49. The van der Waals surface area contributed by atoms with Crippen molar-refractivity contribution in [1.29, 1.82) is 0 Å². The number of nitrogen functional groups attached to an aromatic ring is 1. The van der Waals surface area contributed by atoms with Crippen LogP contribution in [0.15, 0.2) is 73.1 Å². The Labute approximate surface area is 167 Å². The van der Waals surface area contributed by atoms with Crippen molar-refractivity contribution in [2.45, 2.75) is 13.0 Å². The highest BCUT2D eigenvalue weighted by Crippen LogP contribution is 2.30. The summed E-state index contributed by atoms with van der Waals surface area (Å²) in [5.74, 6) is 1.24. The molecule has 0 spiro atoms. The van der Waals surface area contributed by atoms with Crippen LogP contribution in [0.5, 0.6) is 0 Å². The number of rotatable bonds is 4. The third-order valence-electron chi connectivity index (χ3n) is 5.12. The smallest absolute Gasteiger partial charge is 0.198 e. The van der Waals surface area contributed by atoms with Crippen molar-refractivity contribution < 1.29 is 0 Å². The summed E-state index contributed by atoms with van der Waals surface area (Å²) in [7, 11) is 0. The summed E-state index contributed by atoms with van der Waals surface area (Å²) < 4.78 is 0. The molecule has 0 amide bonds. The van der Waals surface area contributed by atoms with Gasteiger partial charge in [0.15, 0.2) is 5.95 Å². The molecule has 6 nitrogen and oxygen atoms in total. The number of anilines is 2. The average molecular weight is 380 g/mol. The lowest BCUT2D eigenvalue weighted by molar-refractivity contribution is 0.876. The SMILES string of the molecule is CC(Nc1ncnc2ccc(-c3ccc4nc(N)[nH]c4c3)cc12)c1ccccc1. The van der Waals surface area contributed by atoms with Crippen molar-refractivity contribution in [2.75, 3.05) is 11.1 Å². The summed E-state index contributed by atoms with van der Waals surface area (Å²) in [6.45, 7) is 2.13. The van der Waals surface area contributed by atoms with E-state index in [0.29, 0.717) is 5.95 Å². The van der Waals surface area contributed by atoms with Crippen LogP contribution in [0, 0.1) is 0 Å². The molecule has 1 unspecified atom stereocenters. The van der Waals surface area contributed by atoms with Crippen LogP contribution in [0.4, 0.5) is 11.8 Å². The molecule has 0 saturated heterocycles. The molecule has 0 bridgehead atoms. The van der Waals surface area contributed by atoms with Crippen LogP contribution in [0.2, 0.25) is 0 Å². The molecule has 0 aliphatic heterocycles. The number of hydrogen-bond acceptors (Lipinski definition) is 5. The van der Waals surface area contributed by atoms with Crippen molar-refractivity contribution >= 4 is 33.7 Å². The number of fused-ring (bicyclic) bond motifs is 2. The molecule has 0 saturated carbocycles. The number of aromatic amines is 1. The van der Waals surface area contributed by atoms with Crippen molar-refractivity contribution in [2.24, 2.45) is 0 Å². The van der Waals surface area contributed by atoms with E-state index < -0.39 is 0 Å². The Morgan fingerprint density at radius 3 is 2.48 bits per heavy atom. The predicted octanol–water partition coefficient (Wildman–Crippen LogP) is 4.93. The number of benzene rings is 3. The summed E-state index contributed by atoms with van der Waals surface area (Å²) in [6.07, 6.45) is 1.60. The number of nitrogens with two attached hydrogens (primary N) is 1. The van der Waals surface area contributed by atoms with Gasteiger partial charge in [0.05, 0.1) is 16.6 Å². The molecule has 5 rings (SSSR count). The van der Waals surface area contributed by atoms with Crippen molar-refractivity contribution in [3.05, 3.63) is 78.6 Å². The minimum atomic E-state index is 0.127. The lowest BCUT2D eigenvalue weighted by Gasteiger charge is -2.16. The molecule has 1 atom stereocenters. The van der Waals surface area contributed by atoms with E-state index in [4.69, 9.17) is 5.73 Å². The number of aromatic nitrogens is 4. The lowest BCUT2D eigenvalue weighted by Crippen LogP contribution is -2.08. The fourth-order valence-corrected chi connectivity index (χ4v) is 3.59. The molecule has 0 aliphatic rings. The topological polar surface area (TPSA) is 92.5 Å². The van der Waals surface area contributed by atoms with Crippen molar-refractivity contribution in [1.82, 2.24) is 19.9 Å². The first-order chi connectivity index (χ1) is 14.2. The second-order valence-corrected chi connectivity index (χ2v) is 7.08. The third kappa shape index (κ3) is 3.25. The minimum absolute atomic E-state index is 0.127. The Morgan fingerprint density at radius 1 is 0.897 bits per heavy atom. The van der Waals surface area contributed by atoms with Crippen molar-refractivity contribution in [3.8, 4) is 11.1 Å². The van der Waals surface area contributed by atoms with Gasteiger partial charge in [0.25, 0.3) is 0 Å². The molecule has 2 aromatic heterocycles. The predicted molar refractivity (Wildman–Crippen MR) is 118 cm³/mol. The molecule has 2 heterocycles. The molecular formula is C23H20N6. The van der Waals surface area contributed by atoms with Gasteiger partial charge in [-0.3, -0.25) is 0 Å². The highest BCUT2D eigenvalue weighted by atomic mass is 15.0. The summed E-state index contributed by atoms with van der Waals surface area (Å²) in [5, 5.41) is 4.51. The number of imidazole rings is 1. The molecule has 142 valence electrons. The van der Waals surface area contributed by atoms with Crippen LogP contribution in [-0.4, -0.2) is 19.9 Å². The second kappa shape index (κ2) is 6.91. The fraction of sp³-hybridized carbons (Fsp3) is 0.0870. The minimum Gasteiger partial charge on any atom is -0.369 e. The van der Waals surface area contributed by atoms with E-state index in [0.717, 1.165) is 38.9 Å². The Bertz CT molecular complexity index is 1310. The first kappa shape index (κ1) is 17.2. The summed E-state index contributed by atoms with van der Waals surface area (Å²) in [5.41, 5.74) is 11.8. The fourth-order valence-electron chi connectivity index (χ4n) is 3.59. The number of hydrogen-bond donors (Lipinski definition) is 3. The van der Waals surface area contributed by atoms with E-state index in [9.17, 15) is 0 Å².